The maximum absolute atomic E-state index is 12.1. The summed E-state index contributed by atoms with van der Waals surface area (Å²) < 4.78 is 0. The fraction of sp³-hybridized carbons (Fsp3) is 0.263. The zero-order chi connectivity index (χ0) is 16.8. The van der Waals surface area contributed by atoms with E-state index in [9.17, 15) is 4.79 Å². The molecule has 1 aliphatic heterocycles. The summed E-state index contributed by atoms with van der Waals surface area (Å²) in [5.41, 5.74) is 3.56. The normalized spacial score (nSPS) is 13.0. The van der Waals surface area contributed by atoms with E-state index < -0.39 is 0 Å². The number of hydrogen-bond acceptors (Lipinski definition) is 2. The lowest BCUT2D eigenvalue weighted by molar-refractivity contribution is -0.120. The summed E-state index contributed by atoms with van der Waals surface area (Å²) >= 11 is 0. The lowest BCUT2D eigenvalue weighted by Gasteiger charge is -2.22. The van der Waals surface area contributed by atoms with Crippen LogP contribution in [0.25, 0.3) is 0 Å². The van der Waals surface area contributed by atoms with Crippen molar-refractivity contribution in [2.45, 2.75) is 13.0 Å². The zero-order valence-corrected chi connectivity index (χ0v) is 16.6. The van der Waals surface area contributed by atoms with Gasteiger partial charge < -0.3 is 15.5 Å². The van der Waals surface area contributed by atoms with Crippen molar-refractivity contribution < 1.29 is 4.79 Å². The van der Waals surface area contributed by atoms with E-state index in [1.165, 1.54) is 5.56 Å². The molecule has 1 amide bonds. The molecule has 0 bridgehead atoms. The number of nitrogens with one attached hydrogen (secondary N) is 2. The number of anilines is 1. The Kier molecular flexibility index (Phi) is 7.24. The molecule has 25 heavy (non-hydrogen) atoms. The van der Waals surface area contributed by atoms with Crippen LogP contribution in [0.4, 0.5) is 5.69 Å². The van der Waals surface area contributed by atoms with Crippen molar-refractivity contribution in [1.29, 1.82) is 0 Å². The lowest BCUT2D eigenvalue weighted by Crippen LogP contribution is -2.45. The highest BCUT2D eigenvalue weighted by Crippen LogP contribution is 2.27. The summed E-state index contributed by atoms with van der Waals surface area (Å²) in [6.07, 6.45) is 0.997. The van der Waals surface area contributed by atoms with Gasteiger partial charge in [0.2, 0.25) is 5.91 Å². The molecule has 132 valence electrons. The first-order valence-corrected chi connectivity index (χ1v) is 8.14. The Hall–Kier alpha value is -2.09. The second-order valence-corrected chi connectivity index (χ2v) is 5.69. The smallest absolute Gasteiger partial charge is 0.239 e. The van der Waals surface area contributed by atoms with Crippen LogP contribution in [0.1, 0.15) is 11.1 Å². The maximum atomic E-state index is 12.1. The second kappa shape index (κ2) is 9.41. The van der Waals surface area contributed by atoms with Gasteiger partial charge in [-0.2, -0.15) is 0 Å². The van der Waals surface area contributed by atoms with Crippen LogP contribution in [0.2, 0.25) is 0 Å². The molecule has 6 heteroatoms. The molecule has 0 spiro atoms. The molecule has 0 saturated carbocycles. The topological polar surface area (TPSA) is 56.7 Å². The molecule has 1 heterocycles. The monoisotopic (exact) mass is 450 g/mol. The van der Waals surface area contributed by atoms with Crippen molar-refractivity contribution in [3.63, 3.8) is 0 Å². The van der Waals surface area contributed by atoms with Gasteiger partial charge in [0.25, 0.3) is 0 Å². The molecule has 0 unspecified atom stereocenters. The van der Waals surface area contributed by atoms with Crippen molar-refractivity contribution in [3.8, 4) is 0 Å². The average Bonchev–Trinajstić information content (AvgIpc) is 3.06. The van der Waals surface area contributed by atoms with Gasteiger partial charge in [0.05, 0.1) is 6.54 Å². The number of nitrogens with zero attached hydrogens (tertiary/aromatic N) is 2. The van der Waals surface area contributed by atoms with Crippen LogP contribution < -0.4 is 15.5 Å². The summed E-state index contributed by atoms with van der Waals surface area (Å²) in [5, 5.41) is 6.07. The minimum absolute atomic E-state index is 0. The fourth-order valence-electron chi connectivity index (χ4n) is 2.87. The minimum atomic E-state index is -0.0486. The number of rotatable bonds is 4. The number of guanidine groups is 1. The van der Waals surface area contributed by atoms with Crippen LogP contribution in [0.5, 0.6) is 0 Å². The van der Waals surface area contributed by atoms with E-state index in [4.69, 9.17) is 0 Å². The number of carbonyl (C=O) groups is 1. The Morgan fingerprint density at radius 2 is 1.80 bits per heavy atom. The van der Waals surface area contributed by atoms with Crippen LogP contribution in [-0.4, -0.2) is 32.0 Å². The minimum Gasteiger partial charge on any atom is -0.350 e. The van der Waals surface area contributed by atoms with Crippen LogP contribution in [0, 0.1) is 0 Å². The standard InChI is InChI=1S/C19H22N4O.HI/c1-20-19(23-12-11-16-9-5-6-10-17(16)23)22-14-18(24)21-13-15-7-3-2-4-8-15;/h2-10H,11-14H2,1H3,(H,20,22)(H,21,24);1H. The van der Waals surface area contributed by atoms with Gasteiger partial charge in [0.1, 0.15) is 0 Å². The molecule has 0 radical (unpaired) electrons. The third-order valence-electron chi connectivity index (χ3n) is 4.09. The number of amides is 1. The molecule has 0 aliphatic carbocycles. The Labute approximate surface area is 165 Å². The Bertz CT molecular complexity index is 733. The highest BCUT2D eigenvalue weighted by molar-refractivity contribution is 14.0. The van der Waals surface area contributed by atoms with Crippen LogP contribution in [0.15, 0.2) is 59.6 Å². The SMILES string of the molecule is CN=C(NCC(=O)NCc1ccccc1)N1CCc2ccccc21.I. The molecule has 0 atom stereocenters. The Morgan fingerprint density at radius 1 is 1.08 bits per heavy atom. The first-order chi connectivity index (χ1) is 11.8. The first-order valence-electron chi connectivity index (χ1n) is 8.14. The first kappa shape index (κ1) is 19.2. The van der Waals surface area contributed by atoms with E-state index in [0.717, 1.165) is 30.2 Å². The van der Waals surface area contributed by atoms with Gasteiger partial charge in [0.15, 0.2) is 5.96 Å². The Balaban J connectivity index is 0.00000225. The molecule has 5 nitrogen and oxygen atoms in total. The lowest BCUT2D eigenvalue weighted by atomic mass is 10.2. The van der Waals surface area contributed by atoms with E-state index in [1.807, 2.05) is 36.4 Å². The summed E-state index contributed by atoms with van der Waals surface area (Å²) in [6, 6.07) is 18.2. The van der Waals surface area contributed by atoms with E-state index in [0.29, 0.717) is 6.54 Å². The van der Waals surface area contributed by atoms with Crippen molar-refractivity contribution >= 4 is 41.5 Å². The van der Waals surface area contributed by atoms with Gasteiger partial charge >= 0.3 is 0 Å². The number of fused-ring (bicyclic) bond motifs is 1. The van der Waals surface area contributed by atoms with Gasteiger partial charge in [-0.25, -0.2) is 0 Å². The van der Waals surface area contributed by atoms with Crippen LogP contribution >= 0.6 is 24.0 Å². The number of hydrogen-bond donors (Lipinski definition) is 2. The Morgan fingerprint density at radius 3 is 2.56 bits per heavy atom. The molecular formula is C19H23IN4O. The van der Waals surface area contributed by atoms with Gasteiger partial charge in [-0.15, -0.1) is 24.0 Å². The summed E-state index contributed by atoms with van der Waals surface area (Å²) in [6.45, 7) is 1.62. The van der Waals surface area contributed by atoms with E-state index >= 15 is 0 Å². The van der Waals surface area contributed by atoms with Gasteiger partial charge in [-0.05, 0) is 23.6 Å². The molecule has 0 fully saturated rings. The van der Waals surface area contributed by atoms with Crippen molar-refractivity contribution in [2.24, 2.45) is 4.99 Å². The third-order valence-corrected chi connectivity index (χ3v) is 4.09. The predicted octanol–water partition coefficient (Wildman–Crippen LogP) is 2.56. The number of aliphatic imine (C=N–C) groups is 1. The van der Waals surface area contributed by atoms with Gasteiger partial charge in [0, 0.05) is 25.8 Å². The average molecular weight is 450 g/mol. The molecule has 2 aromatic carbocycles. The highest BCUT2D eigenvalue weighted by atomic mass is 127. The molecule has 2 aromatic rings. The zero-order valence-electron chi connectivity index (χ0n) is 14.2. The van der Waals surface area contributed by atoms with Crippen molar-refractivity contribution in [3.05, 3.63) is 65.7 Å². The number of para-hydroxylation sites is 1. The molecule has 0 aromatic heterocycles. The second-order valence-electron chi connectivity index (χ2n) is 5.69. The molecule has 1 aliphatic rings. The van der Waals surface area contributed by atoms with Crippen LogP contribution in [-0.2, 0) is 17.8 Å². The predicted molar refractivity (Wildman–Crippen MR) is 113 cm³/mol. The largest absolute Gasteiger partial charge is 0.350 e. The number of halogens is 1. The molecule has 0 saturated heterocycles. The van der Waals surface area contributed by atoms with E-state index in [2.05, 4.69) is 38.7 Å². The third kappa shape index (κ3) is 4.94. The highest BCUT2D eigenvalue weighted by Gasteiger charge is 2.22. The maximum Gasteiger partial charge on any atom is 0.239 e. The quantitative estimate of drug-likeness (QED) is 0.428. The molecule has 3 rings (SSSR count). The number of carbonyl (C=O) groups excluding carboxylic acids is 1. The van der Waals surface area contributed by atoms with E-state index in [-0.39, 0.29) is 36.4 Å². The molecule has 2 N–H and O–H groups in total. The van der Waals surface area contributed by atoms with E-state index in [1.54, 1.807) is 7.05 Å². The summed E-state index contributed by atoms with van der Waals surface area (Å²) in [5.74, 6) is 0.683. The summed E-state index contributed by atoms with van der Waals surface area (Å²) in [4.78, 5) is 18.5. The van der Waals surface area contributed by atoms with Gasteiger partial charge in [-0.3, -0.25) is 9.79 Å². The number of benzene rings is 2. The van der Waals surface area contributed by atoms with Crippen molar-refractivity contribution in [2.75, 3.05) is 25.0 Å². The van der Waals surface area contributed by atoms with Crippen molar-refractivity contribution in [1.82, 2.24) is 10.6 Å². The summed E-state index contributed by atoms with van der Waals surface area (Å²) in [7, 11) is 1.74. The molecular weight excluding hydrogens is 427 g/mol. The van der Waals surface area contributed by atoms with Crippen LogP contribution in [0.3, 0.4) is 0 Å². The fourth-order valence-corrected chi connectivity index (χ4v) is 2.87. The van der Waals surface area contributed by atoms with Gasteiger partial charge in [-0.1, -0.05) is 48.5 Å².